The van der Waals surface area contributed by atoms with Crippen LogP contribution < -0.4 is 0 Å². The van der Waals surface area contributed by atoms with Gasteiger partial charge in [0.1, 0.15) is 0 Å². The van der Waals surface area contributed by atoms with Gasteiger partial charge in [0.2, 0.25) is 0 Å². The molecule has 0 radical (unpaired) electrons. The first-order valence-corrected chi connectivity index (χ1v) is 5.53. The van der Waals surface area contributed by atoms with Gasteiger partial charge in [-0.25, -0.2) is 0 Å². The summed E-state index contributed by atoms with van der Waals surface area (Å²) >= 11 is 0. The molecule has 0 aromatic carbocycles. The summed E-state index contributed by atoms with van der Waals surface area (Å²) in [6, 6.07) is 0. The molecule has 1 saturated heterocycles. The molecule has 0 saturated carbocycles. The fraction of sp³-hybridized carbons (Fsp3) is 0.818. The van der Waals surface area contributed by atoms with Crippen LogP contribution in [0.4, 0.5) is 13.2 Å². The minimum atomic E-state index is -4.48. The molecule has 1 fully saturated rings. The number of aliphatic hydroxyl groups excluding tert-OH is 1. The molecule has 1 heterocycles. The van der Waals surface area contributed by atoms with E-state index in [-0.39, 0.29) is 0 Å². The van der Waals surface area contributed by atoms with E-state index in [0.717, 1.165) is 13.0 Å². The highest BCUT2D eigenvalue weighted by molar-refractivity contribution is 4.82. The van der Waals surface area contributed by atoms with E-state index >= 15 is 0 Å². The van der Waals surface area contributed by atoms with Crippen LogP contribution in [0, 0.1) is 5.92 Å². The van der Waals surface area contributed by atoms with Crippen molar-refractivity contribution in [3.8, 4) is 0 Å². The topological polar surface area (TPSA) is 23.5 Å². The fourth-order valence-electron chi connectivity index (χ4n) is 2.03. The standard InChI is InChI=1S/C11H18F3NO/c1-2-3-6-15-7-4-9(5-8-15)10(16)11(12,13)14/h2,9-10,16H,1,3-8H2. The Kier molecular flexibility index (Phi) is 4.80. The van der Waals surface area contributed by atoms with E-state index in [4.69, 9.17) is 5.11 Å². The number of hydrogen-bond acceptors (Lipinski definition) is 2. The zero-order valence-electron chi connectivity index (χ0n) is 9.21. The van der Waals surface area contributed by atoms with Crippen molar-refractivity contribution in [3.05, 3.63) is 12.7 Å². The molecule has 16 heavy (non-hydrogen) atoms. The van der Waals surface area contributed by atoms with Crippen molar-refractivity contribution in [3.63, 3.8) is 0 Å². The molecule has 1 aliphatic heterocycles. The summed E-state index contributed by atoms with van der Waals surface area (Å²) in [5, 5.41) is 9.11. The van der Waals surface area contributed by atoms with Crippen molar-refractivity contribution in [2.75, 3.05) is 19.6 Å². The first-order valence-electron chi connectivity index (χ1n) is 5.53. The molecule has 0 spiro atoms. The Morgan fingerprint density at radius 3 is 2.38 bits per heavy atom. The second kappa shape index (κ2) is 5.68. The molecule has 0 amide bonds. The molecule has 1 N–H and O–H groups in total. The van der Waals surface area contributed by atoms with Crippen LogP contribution in [0.3, 0.4) is 0 Å². The molecule has 94 valence electrons. The monoisotopic (exact) mass is 237 g/mol. The lowest BCUT2D eigenvalue weighted by molar-refractivity contribution is -0.223. The third-order valence-corrected chi connectivity index (χ3v) is 3.06. The van der Waals surface area contributed by atoms with Gasteiger partial charge in [0, 0.05) is 6.54 Å². The van der Waals surface area contributed by atoms with Gasteiger partial charge in [-0.3, -0.25) is 0 Å². The molecule has 0 bridgehead atoms. The summed E-state index contributed by atoms with van der Waals surface area (Å²) in [6.07, 6.45) is -3.15. The third kappa shape index (κ3) is 3.79. The van der Waals surface area contributed by atoms with Crippen LogP contribution in [0.15, 0.2) is 12.7 Å². The van der Waals surface area contributed by atoms with Crippen LogP contribution in [0.2, 0.25) is 0 Å². The Hall–Kier alpha value is -0.550. The van der Waals surface area contributed by atoms with Gasteiger partial charge in [-0.15, -0.1) is 6.58 Å². The van der Waals surface area contributed by atoms with Crippen molar-refractivity contribution in [1.82, 2.24) is 4.90 Å². The largest absolute Gasteiger partial charge is 0.414 e. The minimum Gasteiger partial charge on any atom is -0.383 e. The lowest BCUT2D eigenvalue weighted by Gasteiger charge is -2.34. The number of halogens is 3. The van der Waals surface area contributed by atoms with Gasteiger partial charge in [-0.1, -0.05) is 6.08 Å². The Labute approximate surface area is 93.7 Å². The van der Waals surface area contributed by atoms with E-state index < -0.39 is 18.2 Å². The van der Waals surface area contributed by atoms with Crippen LogP contribution in [-0.4, -0.2) is 41.9 Å². The van der Waals surface area contributed by atoms with Crippen molar-refractivity contribution in [2.45, 2.75) is 31.5 Å². The molecule has 5 heteroatoms. The van der Waals surface area contributed by atoms with Crippen LogP contribution in [-0.2, 0) is 0 Å². The summed E-state index contributed by atoms with van der Waals surface area (Å²) in [5.74, 6) is -0.639. The number of piperidine rings is 1. The lowest BCUT2D eigenvalue weighted by Crippen LogP contribution is -2.43. The normalized spacial score (nSPS) is 22.0. The molecule has 1 rings (SSSR count). The SMILES string of the molecule is C=CCCN1CCC(C(O)C(F)(F)F)CC1. The number of aliphatic hydroxyl groups is 1. The minimum absolute atomic E-state index is 0.415. The maximum Gasteiger partial charge on any atom is 0.414 e. The van der Waals surface area contributed by atoms with Crippen LogP contribution in [0.25, 0.3) is 0 Å². The first-order chi connectivity index (χ1) is 7.45. The average Bonchev–Trinajstić information content (AvgIpc) is 2.25. The van der Waals surface area contributed by atoms with Gasteiger partial charge in [-0.05, 0) is 38.3 Å². The van der Waals surface area contributed by atoms with Crippen molar-refractivity contribution in [2.24, 2.45) is 5.92 Å². The summed E-state index contributed by atoms with van der Waals surface area (Å²) < 4.78 is 36.8. The highest BCUT2D eigenvalue weighted by Gasteiger charge is 2.43. The smallest absolute Gasteiger partial charge is 0.383 e. The van der Waals surface area contributed by atoms with Gasteiger partial charge in [-0.2, -0.15) is 13.2 Å². The molecule has 0 aliphatic carbocycles. The second-order valence-electron chi connectivity index (χ2n) is 4.24. The maximum atomic E-state index is 12.3. The van der Waals surface area contributed by atoms with E-state index in [2.05, 4.69) is 11.5 Å². The fourth-order valence-corrected chi connectivity index (χ4v) is 2.03. The predicted octanol–water partition coefficient (Wildman–Crippen LogP) is 2.20. The van der Waals surface area contributed by atoms with Crippen LogP contribution >= 0.6 is 0 Å². The predicted molar refractivity (Wildman–Crippen MR) is 56.0 cm³/mol. The molecule has 2 nitrogen and oxygen atoms in total. The van der Waals surface area contributed by atoms with Crippen LogP contribution in [0.5, 0.6) is 0 Å². The quantitative estimate of drug-likeness (QED) is 0.758. The Bertz CT molecular complexity index is 222. The van der Waals surface area contributed by atoms with Gasteiger partial charge in [0.05, 0.1) is 0 Å². The third-order valence-electron chi connectivity index (χ3n) is 3.06. The summed E-state index contributed by atoms with van der Waals surface area (Å²) in [4.78, 5) is 2.11. The van der Waals surface area contributed by atoms with Gasteiger partial charge >= 0.3 is 6.18 Å². The highest BCUT2D eigenvalue weighted by atomic mass is 19.4. The van der Waals surface area contributed by atoms with Gasteiger partial charge < -0.3 is 10.0 Å². The molecule has 1 atom stereocenters. The van der Waals surface area contributed by atoms with Crippen molar-refractivity contribution < 1.29 is 18.3 Å². The molecule has 1 unspecified atom stereocenters. The molecular weight excluding hydrogens is 219 g/mol. The number of rotatable bonds is 4. The Balaban J connectivity index is 2.34. The molecule has 0 aromatic rings. The molecular formula is C11H18F3NO. The molecule has 1 aliphatic rings. The maximum absolute atomic E-state index is 12.3. The number of likely N-dealkylation sites (tertiary alicyclic amines) is 1. The van der Waals surface area contributed by atoms with Crippen molar-refractivity contribution in [1.29, 1.82) is 0 Å². The Morgan fingerprint density at radius 1 is 1.38 bits per heavy atom. The lowest BCUT2D eigenvalue weighted by atomic mass is 9.91. The van der Waals surface area contributed by atoms with Gasteiger partial charge in [0.15, 0.2) is 6.10 Å². The van der Waals surface area contributed by atoms with E-state index in [1.807, 2.05) is 0 Å². The zero-order chi connectivity index (χ0) is 12.2. The summed E-state index contributed by atoms with van der Waals surface area (Å²) in [6.45, 7) is 5.71. The van der Waals surface area contributed by atoms with E-state index in [1.54, 1.807) is 6.08 Å². The zero-order valence-corrected chi connectivity index (χ0v) is 9.21. The highest BCUT2D eigenvalue weighted by Crippen LogP contribution is 2.31. The van der Waals surface area contributed by atoms with E-state index in [9.17, 15) is 13.2 Å². The van der Waals surface area contributed by atoms with E-state index in [0.29, 0.717) is 25.9 Å². The number of nitrogens with zero attached hydrogens (tertiary/aromatic N) is 1. The van der Waals surface area contributed by atoms with E-state index in [1.165, 1.54) is 0 Å². The average molecular weight is 237 g/mol. The summed E-state index contributed by atoms with van der Waals surface area (Å²) in [7, 11) is 0. The number of hydrogen-bond donors (Lipinski definition) is 1. The number of alkyl halides is 3. The van der Waals surface area contributed by atoms with Crippen molar-refractivity contribution >= 4 is 0 Å². The Morgan fingerprint density at radius 2 is 1.94 bits per heavy atom. The van der Waals surface area contributed by atoms with Crippen LogP contribution in [0.1, 0.15) is 19.3 Å². The second-order valence-corrected chi connectivity index (χ2v) is 4.24. The first kappa shape index (κ1) is 13.5. The molecule has 0 aromatic heterocycles. The summed E-state index contributed by atoms with van der Waals surface area (Å²) in [5.41, 5.74) is 0. The van der Waals surface area contributed by atoms with Gasteiger partial charge in [0.25, 0.3) is 0 Å².